The van der Waals surface area contributed by atoms with Gasteiger partial charge in [0.05, 0.1) is 33.6 Å². The molecular weight excluding hydrogens is 975 g/mol. The van der Waals surface area contributed by atoms with Crippen LogP contribution >= 0.6 is 0 Å². The van der Waals surface area contributed by atoms with E-state index in [1.807, 2.05) is 24.3 Å². The lowest BCUT2D eigenvalue weighted by molar-refractivity contribution is -0.149. The van der Waals surface area contributed by atoms with Gasteiger partial charge in [0.25, 0.3) is 5.91 Å². The summed E-state index contributed by atoms with van der Waals surface area (Å²) < 4.78 is 54.3. The van der Waals surface area contributed by atoms with Crippen molar-refractivity contribution in [1.29, 1.82) is 0 Å². The number of nitrogens with one attached hydrogen (secondary N) is 1. The number of amides is 3. The molecule has 6 aromatic rings. The van der Waals surface area contributed by atoms with Crippen LogP contribution < -0.4 is 20.6 Å². The van der Waals surface area contributed by atoms with Crippen molar-refractivity contribution in [3.8, 4) is 29.6 Å². The molecule has 3 aromatic heterocycles. The number of terminal acetylenes is 1. The second kappa shape index (κ2) is 20.2. The third kappa shape index (κ3) is 8.81. The fraction of sp³-hybridized carbons (Fsp3) is 0.491. The van der Waals surface area contributed by atoms with E-state index in [4.69, 9.17) is 30.6 Å². The van der Waals surface area contributed by atoms with Gasteiger partial charge in [-0.05, 0) is 100 Å². The van der Waals surface area contributed by atoms with Crippen LogP contribution in [0, 0.1) is 24.0 Å². The number of imidazole rings is 1. The monoisotopic (exact) mass is 1040 g/mol. The summed E-state index contributed by atoms with van der Waals surface area (Å²) in [6, 6.07) is 13.9. The van der Waals surface area contributed by atoms with Crippen molar-refractivity contribution in [2.24, 2.45) is 7.05 Å². The Morgan fingerprint density at radius 2 is 1.74 bits per heavy atom. The lowest BCUT2D eigenvalue weighted by Crippen LogP contribution is -2.51. The van der Waals surface area contributed by atoms with Crippen molar-refractivity contribution in [3.05, 3.63) is 88.0 Å². The maximum Gasteiger partial charge on any atom is 0.409 e. The molecule has 6 saturated heterocycles. The number of anilines is 1. The largest absolute Gasteiger partial charge is 0.461 e. The summed E-state index contributed by atoms with van der Waals surface area (Å²) in [5.74, 6) is 1.18. The third-order valence-corrected chi connectivity index (χ3v) is 17.2. The zero-order valence-corrected chi connectivity index (χ0v) is 42.9. The first-order valence-corrected chi connectivity index (χ1v) is 26.9. The van der Waals surface area contributed by atoms with Crippen LogP contribution in [0.1, 0.15) is 87.8 Å². The van der Waals surface area contributed by atoms with E-state index in [-0.39, 0.29) is 95.8 Å². The van der Waals surface area contributed by atoms with Crippen molar-refractivity contribution >= 4 is 56.4 Å². The number of likely N-dealkylation sites (tertiary alicyclic amines) is 2. The van der Waals surface area contributed by atoms with E-state index in [0.717, 1.165) is 67.5 Å². The molecule has 6 aliphatic heterocycles. The highest BCUT2D eigenvalue weighted by Gasteiger charge is 2.50. The average Bonchev–Trinajstić information content (AvgIpc) is 4.26. The van der Waals surface area contributed by atoms with Gasteiger partial charge in [0.2, 0.25) is 5.91 Å². The van der Waals surface area contributed by atoms with E-state index < -0.39 is 17.7 Å². The Morgan fingerprint density at radius 1 is 0.934 bits per heavy atom. The number of hydrogen-bond donors (Lipinski definition) is 1. The summed E-state index contributed by atoms with van der Waals surface area (Å²) in [7, 11) is 3.19. The number of ether oxygens (including phenoxy) is 3. The molecule has 5 atom stereocenters. The smallest absolute Gasteiger partial charge is 0.409 e. The Kier molecular flexibility index (Phi) is 13.2. The highest BCUT2D eigenvalue weighted by atomic mass is 19.1. The Balaban J connectivity index is 0.668. The zero-order chi connectivity index (χ0) is 52.4. The SMILES string of the molecule is C#Cc1c(F)ccc2cccc(-c3ncc4c(N5CC6CCC(C5)N6)nc(OC[C@@]56CCCN5[C@H](COC(=O)N5CCC(OCCCc7cccc8c7n(C)c(=O)n8C7CCC(=O)N(C)C7=O)CC5)CC6)nc4c3F)c12. The number of imide groups is 1. The fourth-order valence-corrected chi connectivity index (χ4v) is 13.3. The second-order valence-electron chi connectivity index (χ2n) is 21.6. The standard InChI is InChI=1S/C57H62F2N10O7/c1-4-40-43(58)17-14-34-9-5-12-41(47(34)40)49-48(59)50-42(29-60-49)52(67-30-36-15-16-37(31-67)61-36)63-54(62-50)76-33-57-23-8-25-68(57)38(20-24-57)32-75-56(73)66-26-21-39(22-27-66)74-28-7-11-35-10-6-13-44-51(35)65(3)55(72)69(44)45-18-19-46(70)64(2)53(45)71/h1,5-6,9-10,12-14,17,29,36-39,45,61H,7-8,11,15-16,18-28,30-33H2,2-3H3/t36?,37?,38-,45?,57-/m0/s1. The molecule has 6 fully saturated rings. The van der Waals surface area contributed by atoms with Crippen LogP contribution in [-0.4, -0.2) is 146 Å². The number of rotatable bonds is 13. The van der Waals surface area contributed by atoms with Crippen LogP contribution in [0.4, 0.5) is 19.4 Å². The molecule has 2 bridgehead atoms. The number of fused-ring (bicyclic) bond motifs is 6. The number of carbonyl (C=O) groups excluding carboxylic acids is 3. The number of para-hydroxylation sites is 1. The molecule has 3 amide bonds. The number of pyridine rings is 1. The predicted octanol–water partition coefficient (Wildman–Crippen LogP) is 6.64. The van der Waals surface area contributed by atoms with Crippen LogP contribution in [0.15, 0.2) is 59.5 Å². The Morgan fingerprint density at radius 3 is 2.54 bits per heavy atom. The second-order valence-corrected chi connectivity index (χ2v) is 21.6. The first-order chi connectivity index (χ1) is 36.9. The quantitative estimate of drug-likeness (QED) is 0.0743. The van der Waals surface area contributed by atoms with E-state index in [1.165, 1.54) is 17.7 Å². The first-order valence-electron chi connectivity index (χ1n) is 26.9. The molecule has 3 unspecified atom stereocenters. The Bertz CT molecular complexity index is 3390. The van der Waals surface area contributed by atoms with Gasteiger partial charge in [0.15, 0.2) is 5.82 Å². The third-order valence-electron chi connectivity index (χ3n) is 17.2. The molecule has 1 N–H and O–H groups in total. The normalized spacial score (nSPS) is 24.1. The minimum Gasteiger partial charge on any atom is -0.461 e. The molecule has 12 rings (SSSR count). The molecule has 17 nitrogen and oxygen atoms in total. The highest BCUT2D eigenvalue weighted by Crippen LogP contribution is 2.44. The van der Waals surface area contributed by atoms with Crippen molar-refractivity contribution in [1.82, 2.24) is 44.1 Å². The molecule has 76 heavy (non-hydrogen) atoms. The molecule has 0 saturated carbocycles. The summed E-state index contributed by atoms with van der Waals surface area (Å²) in [4.78, 5) is 74.0. The summed E-state index contributed by atoms with van der Waals surface area (Å²) >= 11 is 0. The van der Waals surface area contributed by atoms with E-state index in [2.05, 4.69) is 26.0 Å². The number of aromatic nitrogens is 5. The predicted molar refractivity (Wildman–Crippen MR) is 281 cm³/mol. The average molecular weight is 1040 g/mol. The number of benzene rings is 3. The molecule has 3 aromatic carbocycles. The summed E-state index contributed by atoms with van der Waals surface area (Å²) in [5.41, 5.74) is 2.32. The molecular formula is C57H62F2N10O7. The van der Waals surface area contributed by atoms with Gasteiger partial charge in [0.1, 0.15) is 42.1 Å². The summed E-state index contributed by atoms with van der Waals surface area (Å²) in [5, 5.41) is 5.20. The Labute approximate surface area is 438 Å². The van der Waals surface area contributed by atoms with Gasteiger partial charge in [-0.25, -0.2) is 18.4 Å². The van der Waals surface area contributed by atoms with Gasteiger partial charge in [-0.3, -0.25) is 33.5 Å². The van der Waals surface area contributed by atoms with Crippen LogP contribution in [0.5, 0.6) is 6.01 Å². The molecule has 396 valence electrons. The molecule has 6 aliphatic rings. The maximum atomic E-state index is 17.2. The number of halogens is 2. The summed E-state index contributed by atoms with van der Waals surface area (Å²) in [6.07, 6.45) is 15.9. The highest BCUT2D eigenvalue weighted by molar-refractivity contribution is 6.02. The van der Waals surface area contributed by atoms with Gasteiger partial charge < -0.3 is 29.3 Å². The molecule has 0 aliphatic carbocycles. The van der Waals surface area contributed by atoms with Crippen molar-refractivity contribution in [2.45, 2.75) is 113 Å². The van der Waals surface area contributed by atoms with Crippen molar-refractivity contribution in [2.75, 3.05) is 64.5 Å². The van der Waals surface area contributed by atoms with Crippen LogP contribution in [0.2, 0.25) is 0 Å². The number of piperidine rings is 2. The molecule has 0 radical (unpaired) electrons. The minimum atomic E-state index is -0.723. The first kappa shape index (κ1) is 49.8. The Hall–Kier alpha value is -7.01. The zero-order valence-electron chi connectivity index (χ0n) is 42.9. The topological polar surface area (TPSA) is 169 Å². The molecule has 0 spiro atoms. The number of carbonyl (C=O) groups is 3. The van der Waals surface area contributed by atoms with E-state index >= 15 is 8.78 Å². The van der Waals surface area contributed by atoms with Gasteiger partial charge in [-0.15, -0.1) is 6.42 Å². The lowest BCUT2D eigenvalue weighted by atomic mass is 9.95. The molecule has 19 heteroatoms. The van der Waals surface area contributed by atoms with Crippen LogP contribution in [0.25, 0.3) is 44.0 Å². The van der Waals surface area contributed by atoms with Gasteiger partial charge in [-0.1, -0.05) is 42.3 Å². The van der Waals surface area contributed by atoms with Crippen LogP contribution in [-0.2, 0) is 32.5 Å². The van der Waals surface area contributed by atoms with Gasteiger partial charge in [0, 0.05) is 88.6 Å². The van der Waals surface area contributed by atoms with Gasteiger partial charge >= 0.3 is 17.8 Å². The lowest BCUT2D eigenvalue weighted by Gasteiger charge is -2.36. The van der Waals surface area contributed by atoms with Gasteiger partial charge in [-0.2, -0.15) is 9.97 Å². The number of aryl methyl sites for hydroxylation is 2. The fourth-order valence-electron chi connectivity index (χ4n) is 13.3. The number of likely N-dealkylation sites (N-methyl/N-ethyl adjacent to an activating group) is 1. The number of nitrogens with zero attached hydrogens (tertiary/aromatic N) is 9. The summed E-state index contributed by atoms with van der Waals surface area (Å²) in [6.45, 7) is 4.33. The molecule has 9 heterocycles. The maximum absolute atomic E-state index is 17.2. The van der Waals surface area contributed by atoms with E-state index in [9.17, 15) is 19.2 Å². The van der Waals surface area contributed by atoms with E-state index in [0.29, 0.717) is 91.5 Å². The van der Waals surface area contributed by atoms with Crippen molar-refractivity contribution < 1.29 is 37.4 Å². The number of piperazine rings is 1. The minimum absolute atomic E-state index is 0.00410. The van der Waals surface area contributed by atoms with Crippen molar-refractivity contribution in [3.63, 3.8) is 0 Å². The van der Waals surface area contributed by atoms with Crippen LogP contribution in [0.3, 0.4) is 0 Å². The number of hydrogen-bond acceptors (Lipinski definition) is 13. The van der Waals surface area contributed by atoms with E-state index in [1.54, 1.807) is 40.9 Å².